The second kappa shape index (κ2) is 13.2. The molecule has 3 N–H and O–H groups in total. The molecule has 0 aromatic rings. The van der Waals surface area contributed by atoms with Crippen LogP contribution >= 0.6 is 0 Å². The van der Waals surface area contributed by atoms with Crippen LogP contribution in [0.15, 0.2) is 12.2 Å². The lowest BCUT2D eigenvalue weighted by atomic mass is 9.89. The number of piperidine rings is 1. The van der Waals surface area contributed by atoms with Gasteiger partial charge in [-0.3, -0.25) is 14.4 Å². The average Bonchev–Trinajstić information content (AvgIpc) is 3.16. The Morgan fingerprint density at radius 2 is 1.71 bits per heavy atom. The number of hydrogen-bond acceptors (Lipinski definition) is 8. The van der Waals surface area contributed by atoms with E-state index in [0.717, 1.165) is 0 Å². The molecule has 2 rings (SSSR count). The predicted molar refractivity (Wildman–Crippen MR) is 114 cm³/mol. The number of likely N-dealkylation sites (tertiary alicyclic amines) is 2. The second-order valence-corrected chi connectivity index (χ2v) is 8.11. The van der Waals surface area contributed by atoms with Crippen molar-refractivity contribution in [1.82, 2.24) is 15.1 Å². The van der Waals surface area contributed by atoms with Gasteiger partial charge in [-0.2, -0.15) is 5.26 Å². The quantitative estimate of drug-likeness (QED) is 0.321. The molecular weight excluding hydrogens is 455 g/mol. The molecule has 0 saturated carbocycles. The van der Waals surface area contributed by atoms with Gasteiger partial charge in [-0.1, -0.05) is 0 Å². The standard InChI is InChI=1S/C17H25FN4O4.C4H4O4/c1-12(23)26-11-16(25)21-5-3-17(2,4-6-21)20-9-15(24)22-10-13(18)7-14(22)8-19;5-3(6)1-2-4(7)8/h13-14,20H,3-7,9-11H2,1-2H3;1-2H,(H,5,6)(H,7,8)/b;2-1+/t13-,14-;/m0./s1. The molecule has 2 amide bonds. The number of nitrogens with one attached hydrogen (secondary N) is 1. The summed E-state index contributed by atoms with van der Waals surface area (Å²) in [4.78, 5) is 57.1. The van der Waals surface area contributed by atoms with E-state index in [0.29, 0.717) is 38.1 Å². The first kappa shape index (κ1) is 28.5. The summed E-state index contributed by atoms with van der Waals surface area (Å²) in [6.45, 7) is 3.95. The number of nitriles is 1. The minimum atomic E-state index is -1.26. The lowest BCUT2D eigenvalue weighted by Crippen LogP contribution is -2.55. The third-order valence-electron chi connectivity index (χ3n) is 5.37. The van der Waals surface area contributed by atoms with Gasteiger partial charge in [0.15, 0.2) is 6.61 Å². The smallest absolute Gasteiger partial charge is 0.328 e. The summed E-state index contributed by atoms with van der Waals surface area (Å²) in [6.07, 6.45) is 1.31. The first-order valence-electron chi connectivity index (χ1n) is 10.5. The first-order valence-corrected chi connectivity index (χ1v) is 10.5. The van der Waals surface area contributed by atoms with E-state index in [1.807, 2.05) is 13.0 Å². The van der Waals surface area contributed by atoms with E-state index in [9.17, 15) is 28.4 Å². The van der Waals surface area contributed by atoms with E-state index < -0.39 is 30.1 Å². The number of hydrogen-bond donors (Lipinski definition) is 3. The van der Waals surface area contributed by atoms with Gasteiger partial charge >= 0.3 is 17.9 Å². The Balaban J connectivity index is 0.000000620. The van der Waals surface area contributed by atoms with Crippen molar-refractivity contribution in [3.05, 3.63) is 12.2 Å². The maximum atomic E-state index is 13.4. The Labute approximate surface area is 195 Å². The summed E-state index contributed by atoms with van der Waals surface area (Å²) in [5.41, 5.74) is -0.329. The molecule has 0 aromatic heterocycles. The highest BCUT2D eigenvalue weighted by Gasteiger charge is 2.37. The summed E-state index contributed by atoms with van der Waals surface area (Å²) in [7, 11) is 0. The lowest BCUT2D eigenvalue weighted by molar-refractivity contribution is -0.151. The van der Waals surface area contributed by atoms with Crippen molar-refractivity contribution in [2.24, 2.45) is 0 Å². The van der Waals surface area contributed by atoms with Gasteiger partial charge in [0, 0.05) is 44.1 Å². The minimum Gasteiger partial charge on any atom is -0.478 e. The van der Waals surface area contributed by atoms with Gasteiger partial charge in [0.1, 0.15) is 12.2 Å². The van der Waals surface area contributed by atoms with E-state index in [1.54, 1.807) is 4.90 Å². The molecule has 0 bridgehead atoms. The number of carboxylic acids is 2. The zero-order valence-electron chi connectivity index (χ0n) is 19.0. The van der Waals surface area contributed by atoms with Crippen molar-refractivity contribution in [3.63, 3.8) is 0 Å². The van der Waals surface area contributed by atoms with Gasteiger partial charge in [0.05, 0.1) is 19.2 Å². The number of halogens is 1. The third kappa shape index (κ3) is 9.95. The Hall–Kier alpha value is -3.53. The average molecular weight is 484 g/mol. The van der Waals surface area contributed by atoms with E-state index in [4.69, 9.17) is 20.2 Å². The fraction of sp³-hybridized carbons (Fsp3) is 0.619. The molecule has 0 aromatic carbocycles. The van der Waals surface area contributed by atoms with E-state index in [1.165, 1.54) is 11.8 Å². The zero-order valence-corrected chi connectivity index (χ0v) is 19.0. The highest BCUT2D eigenvalue weighted by atomic mass is 19.1. The van der Waals surface area contributed by atoms with E-state index in [2.05, 4.69) is 5.32 Å². The summed E-state index contributed by atoms with van der Waals surface area (Å²) in [5.74, 6) is -3.53. The Morgan fingerprint density at radius 3 is 2.18 bits per heavy atom. The second-order valence-electron chi connectivity index (χ2n) is 8.11. The first-order chi connectivity index (χ1) is 15.9. The van der Waals surface area contributed by atoms with E-state index in [-0.39, 0.29) is 43.5 Å². The Bertz CT molecular complexity index is 832. The number of carbonyl (C=O) groups is 5. The highest BCUT2D eigenvalue weighted by Crippen LogP contribution is 2.23. The number of aliphatic carboxylic acids is 2. The molecule has 2 fully saturated rings. The topological polar surface area (TPSA) is 177 Å². The fourth-order valence-electron chi connectivity index (χ4n) is 3.40. The monoisotopic (exact) mass is 484 g/mol. The molecule has 188 valence electrons. The molecule has 13 heteroatoms. The van der Waals surface area contributed by atoms with Gasteiger partial charge < -0.3 is 30.1 Å². The van der Waals surface area contributed by atoms with Crippen LogP contribution in [0.2, 0.25) is 0 Å². The van der Waals surface area contributed by atoms with Crippen LogP contribution < -0.4 is 5.32 Å². The lowest BCUT2D eigenvalue weighted by Gasteiger charge is -2.40. The maximum Gasteiger partial charge on any atom is 0.328 e. The molecule has 0 spiro atoms. The molecule has 2 aliphatic heterocycles. The maximum absolute atomic E-state index is 13.4. The number of carbonyl (C=O) groups excluding carboxylic acids is 3. The Morgan fingerprint density at radius 1 is 1.15 bits per heavy atom. The number of alkyl halides is 1. The summed E-state index contributed by atoms with van der Waals surface area (Å²) in [6, 6.07) is 1.27. The molecule has 2 atom stereocenters. The van der Waals surface area contributed by atoms with Crippen LogP contribution in [0.4, 0.5) is 4.39 Å². The summed E-state index contributed by atoms with van der Waals surface area (Å²) >= 11 is 0. The fourth-order valence-corrected chi connectivity index (χ4v) is 3.40. The van der Waals surface area contributed by atoms with Crippen LogP contribution in [0.1, 0.15) is 33.1 Å². The normalized spacial score (nSPS) is 21.2. The molecule has 2 aliphatic rings. The largest absolute Gasteiger partial charge is 0.478 e. The number of esters is 1. The van der Waals surface area contributed by atoms with Crippen molar-refractivity contribution < 1.29 is 43.3 Å². The number of ether oxygens (including phenoxy) is 1. The van der Waals surface area contributed by atoms with Crippen molar-refractivity contribution in [1.29, 1.82) is 5.26 Å². The zero-order chi connectivity index (χ0) is 25.9. The molecule has 0 radical (unpaired) electrons. The van der Waals surface area contributed by atoms with Crippen LogP contribution in [-0.2, 0) is 28.7 Å². The van der Waals surface area contributed by atoms with Gasteiger partial charge in [0.2, 0.25) is 5.91 Å². The van der Waals surface area contributed by atoms with Crippen molar-refractivity contribution in [3.8, 4) is 6.07 Å². The Kier molecular flexibility index (Phi) is 11.1. The molecule has 2 saturated heterocycles. The van der Waals surface area contributed by atoms with Crippen LogP contribution in [0.3, 0.4) is 0 Å². The van der Waals surface area contributed by atoms with Gasteiger partial charge in [-0.15, -0.1) is 0 Å². The van der Waals surface area contributed by atoms with Crippen molar-refractivity contribution in [2.75, 3.05) is 32.8 Å². The number of carboxylic acid groups (broad SMARTS) is 2. The summed E-state index contributed by atoms with van der Waals surface area (Å²) in [5, 5.41) is 27.9. The molecule has 34 heavy (non-hydrogen) atoms. The van der Waals surface area contributed by atoms with Gasteiger partial charge in [0.25, 0.3) is 5.91 Å². The van der Waals surface area contributed by atoms with Crippen LogP contribution in [0.25, 0.3) is 0 Å². The summed E-state index contributed by atoms with van der Waals surface area (Å²) < 4.78 is 18.2. The van der Waals surface area contributed by atoms with Crippen molar-refractivity contribution >= 4 is 29.7 Å². The van der Waals surface area contributed by atoms with Crippen molar-refractivity contribution in [2.45, 2.75) is 50.9 Å². The number of amides is 2. The highest BCUT2D eigenvalue weighted by molar-refractivity contribution is 5.89. The molecule has 12 nitrogen and oxygen atoms in total. The molecular formula is C21H29FN4O8. The third-order valence-corrected chi connectivity index (χ3v) is 5.37. The predicted octanol–water partition coefficient (Wildman–Crippen LogP) is -0.305. The molecule has 0 aliphatic carbocycles. The van der Waals surface area contributed by atoms with Gasteiger partial charge in [-0.05, 0) is 19.8 Å². The van der Waals surface area contributed by atoms with Crippen LogP contribution in [0.5, 0.6) is 0 Å². The van der Waals surface area contributed by atoms with Crippen LogP contribution in [0, 0.1) is 11.3 Å². The molecule has 2 heterocycles. The van der Waals surface area contributed by atoms with Gasteiger partial charge in [-0.25, -0.2) is 14.0 Å². The minimum absolute atomic E-state index is 0.0305. The number of rotatable bonds is 7. The SMILES string of the molecule is CC(=O)OCC(=O)N1CCC(C)(NCC(=O)N2C[C@@H](F)C[C@H]2C#N)CC1.O=C(O)/C=C/C(=O)O. The number of nitrogens with zero attached hydrogens (tertiary/aromatic N) is 3. The van der Waals surface area contributed by atoms with E-state index >= 15 is 0 Å². The molecule has 0 unspecified atom stereocenters. The van der Waals surface area contributed by atoms with Crippen LogP contribution in [-0.4, -0.2) is 100 Å².